The Hall–Kier alpha value is -3.69. The molecule has 2 aliphatic rings. The number of hydrogen-bond acceptors (Lipinski definition) is 7. The van der Waals surface area contributed by atoms with Gasteiger partial charge in [-0.1, -0.05) is 18.2 Å². The number of pyridine rings is 1. The van der Waals surface area contributed by atoms with Crippen LogP contribution in [-0.4, -0.2) is 48.7 Å². The number of hydrogen-bond donors (Lipinski definition) is 3. The summed E-state index contributed by atoms with van der Waals surface area (Å²) in [5.74, 6) is -0.0815. The van der Waals surface area contributed by atoms with Crippen LogP contribution in [0.5, 0.6) is 0 Å². The molecule has 0 saturated heterocycles. The number of carbonyl (C=O) groups excluding carboxylic acids is 3. The number of alkyl carbamates (subject to hydrolysis) is 1. The molecule has 2 aromatic rings. The highest BCUT2D eigenvalue weighted by Crippen LogP contribution is 2.36. The number of anilines is 1. The van der Waals surface area contributed by atoms with Gasteiger partial charge in [0.2, 0.25) is 5.91 Å². The minimum absolute atomic E-state index is 0.119. The Balaban J connectivity index is 1.21. The number of esters is 1. The van der Waals surface area contributed by atoms with Crippen LogP contribution in [0.25, 0.3) is 0 Å². The van der Waals surface area contributed by atoms with Crippen LogP contribution in [0.15, 0.2) is 36.4 Å². The molecular weight excluding hydrogens is 479 g/mol. The van der Waals surface area contributed by atoms with Crippen molar-refractivity contribution in [2.24, 2.45) is 11.8 Å². The van der Waals surface area contributed by atoms with E-state index in [1.165, 1.54) is 23.8 Å². The second-order valence-electron chi connectivity index (χ2n) is 9.48. The normalized spacial score (nSPS) is 18.9. The van der Waals surface area contributed by atoms with E-state index in [9.17, 15) is 18.8 Å². The molecule has 0 spiro atoms. The number of aromatic nitrogens is 1. The monoisotopic (exact) mass is 512 g/mol. The smallest absolute Gasteiger partial charge is 0.408 e. The maximum absolute atomic E-state index is 13.3. The van der Waals surface area contributed by atoms with Crippen LogP contribution < -0.4 is 16.0 Å². The first-order valence-corrected chi connectivity index (χ1v) is 12.8. The maximum atomic E-state index is 13.3. The lowest BCUT2D eigenvalue weighted by atomic mass is 9.72. The SMILES string of the molecule is CCOC(=O)[C@H](CNC(=O)[C@H]1C[C@@H](Cc2ccc3c(n2)NCCC3)C1)NC(=O)OCc1cccc(F)c1. The maximum Gasteiger partial charge on any atom is 0.408 e. The van der Waals surface area contributed by atoms with Crippen LogP contribution in [0.3, 0.4) is 0 Å². The van der Waals surface area contributed by atoms with Crippen LogP contribution in [0.2, 0.25) is 0 Å². The predicted molar refractivity (Wildman–Crippen MR) is 134 cm³/mol. The Kier molecular flexibility index (Phi) is 8.92. The molecule has 198 valence electrons. The number of amides is 2. The average molecular weight is 513 g/mol. The van der Waals surface area contributed by atoms with Gasteiger partial charge in [-0.3, -0.25) is 4.79 Å². The molecule has 0 radical (unpaired) electrons. The van der Waals surface area contributed by atoms with Crippen LogP contribution in [0.1, 0.15) is 43.0 Å². The summed E-state index contributed by atoms with van der Waals surface area (Å²) in [6, 6.07) is 8.77. The van der Waals surface area contributed by atoms with Gasteiger partial charge in [-0.2, -0.15) is 0 Å². The van der Waals surface area contributed by atoms with Gasteiger partial charge in [0.1, 0.15) is 24.3 Å². The fraction of sp³-hybridized carbons (Fsp3) is 0.481. The van der Waals surface area contributed by atoms with Gasteiger partial charge in [0, 0.05) is 24.7 Å². The molecule has 4 rings (SSSR count). The molecule has 0 bridgehead atoms. The number of ether oxygens (including phenoxy) is 2. The third-order valence-electron chi connectivity index (χ3n) is 6.66. The number of rotatable bonds is 10. The van der Waals surface area contributed by atoms with E-state index in [0.717, 1.165) is 50.2 Å². The van der Waals surface area contributed by atoms with Crippen LogP contribution in [0, 0.1) is 17.7 Å². The summed E-state index contributed by atoms with van der Waals surface area (Å²) < 4.78 is 23.4. The Morgan fingerprint density at radius 1 is 1.19 bits per heavy atom. The van der Waals surface area contributed by atoms with E-state index < -0.39 is 23.9 Å². The van der Waals surface area contributed by atoms with Crippen LogP contribution in [-0.2, 0) is 38.5 Å². The van der Waals surface area contributed by atoms with Gasteiger partial charge in [-0.15, -0.1) is 0 Å². The zero-order chi connectivity index (χ0) is 26.2. The number of benzene rings is 1. The summed E-state index contributed by atoms with van der Waals surface area (Å²) in [6.07, 6.45) is 3.61. The number of nitrogens with zero attached hydrogens (tertiary/aromatic N) is 1. The molecule has 2 heterocycles. The van der Waals surface area contributed by atoms with Gasteiger partial charge >= 0.3 is 12.1 Å². The Morgan fingerprint density at radius 3 is 2.81 bits per heavy atom. The van der Waals surface area contributed by atoms with Crippen LogP contribution >= 0.6 is 0 Å². The lowest BCUT2D eigenvalue weighted by Crippen LogP contribution is -2.51. The zero-order valence-electron chi connectivity index (χ0n) is 20.9. The third-order valence-corrected chi connectivity index (χ3v) is 6.66. The summed E-state index contributed by atoms with van der Waals surface area (Å²) in [4.78, 5) is 41.9. The highest BCUT2D eigenvalue weighted by molar-refractivity contribution is 5.84. The lowest BCUT2D eigenvalue weighted by Gasteiger charge is -2.34. The van der Waals surface area contributed by atoms with E-state index in [2.05, 4.69) is 28.1 Å². The molecule has 3 N–H and O–H groups in total. The Labute approximate surface area is 215 Å². The summed E-state index contributed by atoms with van der Waals surface area (Å²) in [7, 11) is 0. The van der Waals surface area contributed by atoms with E-state index >= 15 is 0 Å². The van der Waals surface area contributed by atoms with Crippen molar-refractivity contribution in [2.75, 3.05) is 25.0 Å². The van der Waals surface area contributed by atoms with Crippen molar-refractivity contribution in [3.8, 4) is 0 Å². The number of carbonyl (C=O) groups is 3. The van der Waals surface area contributed by atoms with E-state index in [1.54, 1.807) is 13.0 Å². The molecular formula is C27H33FN4O5. The van der Waals surface area contributed by atoms with Crippen molar-refractivity contribution in [3.05, 3.63) is 59.0 Å². The molecule has 1 fully saturated rings. The number of nitrogens with one attached hydrogen (secondary N) is 3. The van der Waals surface area contributed by atoms with Crippen molar-refractivity contribution in [2.45, 2.75) is 51.7 Å². The number of aryl methyl sites for hydroxylation is 1. The highest BCUT2D eigenvalue weighted by Gasteiger charge is 2.35. The highest BCUT2D eigenvalue weighted by atomic mass is 19.1. The summed E-state index contributed by atoms with van der Waals surface area (Å²) in [6.45, 7) is 2.44. The Bertz CT molecular complexity index is 1120. The number of halogens is 1. The molecule has 10 heteroatoms. The van der Waals surface area contributed by atoms with Gasteiger partial charge < -0.3 is 25.4 Å². The Morgan fingerprint density at radius 2 is 2.03 bits per heavy atom. The van der Waals surface area contributed by atoms with Crippen LogP contribution in [0.4, 0.5) is 15.0 Å². The van der Waals surface area contributed by atoms with Crippen molar-refractivity contribution >= 4 is 23.8 Å². The largest absolute Gasteiger partial charge is 0.464 e. The molecule has 1 aliphatic carbocycles. The average Bonchev–Trinajstić information content (AvgIpc) is 2.87. The molecule has 1 atom stereocenters. The summed E-state index contributed by atoms with van der Waals surface area (Å²) in [5, 5.41) is 8.53. The van der Waals surface area contributed by atoms with E-state index in [-0.39, 0.29) is 31.6 Å². The van der Waals surface area contributed by atoms with Gasteiger partial charge in [0.25, 0.3) is 0 Å². The van der Waals surface area contributed by atoms with Crippen molar-refractivity contribution in [1.29, 1.82) is 0 Å². The van der Waals surface area contributed by atoms with Gasteiger partial charge in [0.05, 0.1) is 6.61 Å². The first-order valence-electron chi connectivity index (χ1n) is 12.8. The van der Waals surface area contributed by atoms with Crippen molar-refractivity contribution in [1.82, 2.24) is 15.6 Å². The summed E-state index contributed by atoms with van der Waals surface area (Å²) in [5.41, 5.74) is 2.75. The molecule has 37 heavy (non-hydrogen) atoms. The third kappa shape index (κ3) is 7.41. The minimum Gasteiger partial charge on any atom is -0.464 e. The zero-order valence-corrected chi connectivity index (χ0v) is 20.9. The molecule has 1 aliphatic heterocycles. The molecule has 1 aromatic carbocycles. The lowest BCUT2D eigenvalue weighted by molar-refractivity contribution is -0.145. The second-order valence-corrected chi connectivity index (χ2v) is 9.48. The van der Waals surface area contributed by atoms with Crippen molar-refractivity contribution in [3.63, 3.8) is 0 Å². The van der Waals surface area contributed by atoms with Gasteiger partial charge in [-0.05, 0) is 74.3 Å². The van der Waals surface area contributed by atoms with E-state index in [4.69, 9.17) is 14.5 Å². The van der Waals surface area contributed by atoms with Crippen molar-refractivity contribution < 1.29 is 28.2 Å². The second kappa shape index (κ2) is 12.5. The topological polar surface area (TPSA) is 119 Å². The van der Waals surface area contributed by atoms with Gasteiger partial charge in [-0.25, -0.2) is 19.0 Å². The van der Waals surface area contributed by atoms with E-state index in [1.807, 2.05) is 0 Å². The molecule has 0 unspecified atom stereocenters. The fourth-order valence-corrected chi connectivity index (χ4v) is 4.64. The minimum atomic E-state index is -1.10. The van der Waals surface area contributed by atoms with E-state index in [0.29, 0.717) is 11.5 Å². The molecule has 1 saturated carbocycles. The standard InChI is InChI=1S/C27H33FN4O5/c1-2-36-26(34)23(32-27(35)37-16-17-5-3-7-21(28)13-17)15-30-25(33)20-11-18(12-20)14-22-9-8-19-6-4-10-29-24(19)31-22/h3,5,7-9,13,18,20,23H,2,4,6,10-12,14-16H2,1H3,(H,29,31)(H,30,33)(H,32,35)/t18-,20+,23-/m0/s1. The van der Waals surface area contributed by atoms with Gasteiger partial charge in [0.15, 0.2) is 0 Å². The number of fused-ring (bicyclic) bond motifs is 1. The fourth-order valence-electron chi connectivity index (χ4n) is 4.64. The predicted octanol–water partition coefficient (Wildman–Crippen LogP) is 3.12. The first kappa shape index (κ1) is 26.4. The first-order chi connectivity index (χ1) is 17.9. The quantitative estimate of drug-likeness (QED) is 0.419. The molecule has 2 amide bonds. The molecule has 9 nitrogen and oxygen atoms in total. The molecule has 1 aromatic heterocycles. The summed E-state index contributed by atoms with van der Waals surface area (Å²) >= 11 is 0.